The number of fused-ring (bicyclic) bond motifs is 1. The van der Waals surface area contributed by atoms with Gasteiger partial charge in [0.15, 0.2) is 0 Å². The van der Waals surface area contributed by atoms with Gasteiger partial charge in [-0.05, 0) is 24.3 Å². The average Bonchev–Trinajstić information content (AvgIpc) is 2.44. The van der Waals surface area contributed by atoms with Gasteiger partial charge >= 0.3 is 0 Å². The van der Waals surface area contributed by atoms with Gasteiger partial charge < -0.3 is 9.84 Å². The van der Waals surface area contributed by atoms with E-state index in [4.69, 9.17) is 4.74 Å². The number of benzene rings is 3. The molecule has 88 valence electrons. The number of phenolic OH excluding ortho intramolecular Hbond substituents is 1. The normalized spacial score (nSPS) is 10.4. The molecule has 18 heavy (non-hydrogen) atoms. The second-order valence-electron chi connectivity index (χ2n) is 4.04. The molecule has 0 aliphatic rings. The fourth-order valence-corrected chi connectivity index (χ4v) is 1.96. The van der Waals surface area contributed by atoms with Gasteiger partial charge in [-0.15, -0.1) is 0 Å². The van der Waals surface area contributed by atoms with E-state index in [9.17, 15) is 5.11 Å². The Balaban J connectivity index is 2.10. The standard InChI is InChI=1S/C16H12O2/c17-15-10-11-16(14-9-5-4-8-13(14)15)18-12-6-2-1-3-7-12/h1-11,17H. The second-order valence-corrected chi connectivity index (χ2v) is 4.04. The number of phenols is 1. The summed E-state index contributed by atoms with van der Waals surface area (Å²) in [6, 6.07) is 20.7. The molecule has 0 heterocycles. The maximum absolute atomic E-state index is 9.81. The number of rotatable bonds is 2. The lowest BCUT2D eigenvalue weighted by Gasteiger charge is -2.09. The van der Waals surface area contributed by atoms with Crippen LogP contribution < -0.4 is 4.74 Å². The molecule has 1 N–H and O–H groups in total. The SMILES string of the molecule is Oc1ccc(Oc2ccccc2)c2ccccc12. The Labute approximate surface area is 105 Å². The third kappa shape index (κ3) is 1.89. The molecule has 0 aliphatic carbocycles. The molecule has 0 amide bonds. The Hall–Kier alpha value is -2.48. The molecule has 3 rings (SSSR count). The third-order valence-electron chi connectivity index (χ3n) is 2.83. The van der Waals surface area contributed by atoms with E-state index in [1.54, 1.807) is 12.1 Å². The summed E-state index contributed by atoms with van der Waals surface area (Å²) in [7, 11) is 0. The predicted molar refractivity (Wildman–Crippen MR) is 72.1 cm³/mol. The zero-order valence-corrected chi connectivity index (χ0v) is 9.71. The Morgan fingerprint density at radius 2 is 1.33 bits per heavy atom. The first-order valence-electron chi connectivity index (χ1n) is 5.78. The maximum atomic E-state index is 9.81. The molecule has 0 spiro atoms. The minimum Gasteiger partial charge on any atom is -0.507 e. The fourth-order valence-electron chi connectivity index (χ4n) is 1.96. The first-order chi connectivity index (χ1) is 8.84. The van der Waals surface area contributed by atoms with E-state index in [0.717, 1.165) is 22.3 Å². The molecule has 0 bridgehead atoms. The van der Waals surface area contributed by atoms with E-state index < -0.39 is 0 Å². The van der Waals surface area contributed by atoms with Crippen LogP contribution in [0.15, 0.2) is 66.7 Å². The van der Waals surface area contributed by atoms with Crippen LogP contribution >= 0.6 is 0 Å². The van der Waals surface area contributed by atoms with E-state index in [1.807, 2.05) is 54.6 Å². The van der Waals surface area contributed by atoms with Crippen molar-refractivity contribution in [3.05, 3.63) is 66.7 Å². The van der Waals surface area contributed by atoms with E-state index >= 15 is 0 Å². The minimum absolute atomic E-state index is 0.269. The van der Waals surface area contributed by atoms with Gasteiger partial charge in [-0.1, -0.05) is 42.5 Å². The van der Waals surface area contributed by atoms with Crippen molar-refractivity contribution in [2.75, 3.05) is 0 Å². The van der Waals surface area contributed by atoms with Crippen molar-refractivity contribution in [3.8, 4) is 17.2 Å². The van der Waals surface area contributed by atoms with E-state index in [1.165, 1.54) is 0 Å². The first-order valence-corrected chi connectivity index (χ1v) is 5.78. The first kappa shape index (κ1) is 10.7. The smallest absolute Gasteiger partial charge is 0.135 e. The van der Waals surface area contributed by atoms with Gasteiger partial charge in [0.25, 0.3) is 0 Å². The molecule has 0 atom stereocenters. The average molecular weight is 236 g/mol. The quantitative estimate of drug-likeness (QED) is 0.717. The molecule has 2 heteroatoms. The molecule has 0 aliphatic heterocycles. The molecule has 0 fully saturated rings. The van der Waals surface area contributed by atoms with E-state index in [0.29, 0.717) is 0 Å². The zero-order valence-electron chi connectivity index (χ0n) is 9.71. The third-order valence-corrected chi connectivity index (χ3v) is 2.83. The van der Waals surface area contributed by atoms with Gasteiger partial charge in [0.1, 0.15) is 17.2 Å². The summed E-state index contributed by atoms with van der Waals surface area (Å²) in [6.07, 6.45) is 0. The lowest BCUT2D eigenvalue weighted by molar-refractivity contribution is 0.473. The summed E-state index contributed by atoms with van der Waals surface area (Å²) >= 11 is 0. The molecule has 3 aromatic carbocycles. The molecule has 0 saturated carbocycles. The molecule has 2 nitrogen and oxygen atoms in total. The summed E-state index contributed by atoms with van der Waals surface area (Å²) < 4.78 is 5.84. The van der Waals surface area contributed by atoms with Gasteiger partial charge in [0.2, 0.25) is 0 Å². The van der Waals surface area contributed by atoms with Gasteiger partial charge in [0, 0.05) is 10.8 Å². The minimum atomic E-state index is 0.269. The Bertz CT molecular complexity index is 675. The van der Waals surface area contributed by atoms with E-state index in [-0.39, 0.29) is 5.75 Å². The highest BCUT2D eigenvalue weighted by molar-refractivity contribution is 5.93. The monoisotopic (exact) mass is 236 g/mol. The highest BCUT2D eigenvalue weighted by Crippen LogP contribution is 2.34. The number of hydrogen-bond donors (Lipinski definition) is 1. The van der Waals surface area contributed by atoms with Gasteiger partial charge in [-0.3, -0.25) is 0 Å². The molecule has 0 aromatic heterocycles. The highest BCUT2D eigenvalue weighted by atomic mass is 16.5. The number of ether oxygens (including phenoxy) is 1. The molecule has 0 saturated heterocycles. The molecule has 0 radical (unpaired) electrons. The summed E-state index contributed by atoms with van der Waals surface area (Å²) in [4.78, 5) is 0. The van der Waals surface area contributed by atoms with Gasteiger partial charge in [0.05, 0.1) is 0 Å². The van der Waals surface area contributed by atoms with Gasteiger partial charge in [-0.25, -0.2) is 0 Å². The van der Waals surface area contributed by atoms with Crippen LogP contribution in [0.5, 0.6) is 17.2 Å². The van der Waals surface area contributed by atoms with Crippen LogP contribution in [0.4, 0.5) is 0 Å². The van der Waals surface area contributed by atoms with Crippen molar-refractivity contribution in [1.29, 1.82) is 0 Å². The second kappa shape index (κ2) is 4.41. The van der Waals surface area contributed by atoms with Crippen molar-refractivity contribution in [1.82, 2.24) is 0 Å². The molecular formula is C16H12O2. The Kier molecular flexibility index (Phi) is 2.61. The Morgan fingerprint density at radius 3 is 2.11 bits per heavy atom. The Morgan fingerprint density at radius 1 is 0.667 bits per heavy atom. The molecule has 0 unspecified atom stereocenters. The number of hydrogen-bond acceptors (Lipinski definition) is 2. The topological polar surface area (TPSA) is 29.5 Å². The number of aromatic hydroxyl groups is 1. The van der Waals surface area contributed by atoms with Crippen molar-refractivity contribution >= 4 is 10.8 Å². The number of para-hydroxylation sites is 1. The lowest BCUT2D eigenvalue weighted by Crippen LogP contribution is -1.85. The fraction of sp³-hybridized carbons (Fsp3) is 0. The van der Waals surface area contributed by atoms with Crippen LogP contribution in [0.25, 0.3) is 10.8 Å². The van der Waals surface area contributed by atoms with Crippen molar-refractivity contribution in [3.63, 3.8) is 0 Å². The van der Waals surface area contributed by atoms with Crippen LogP contribution in [-0.2, 0) is 0 Å². The van der Waals surface area contributed by atoms with Gasteiger partial charge in [-0.2, -0.15) is 0 Å². The lowest BCUT2D eigenvalue weighted by atomic mass is 10.1. The molecular weight excluding hydrogens is 224 g/mol. The van der Waals surface area contributed by atoms with Crippen LogP contribution in [0.3, 0.4) is 0 Å². The van der Waals surface area contributed by atoms with Crippen molar-refractivity contribution in [2.24, 2.45) is 0 Å². The summed E-state index contributed by atoms with van der Waals surface area (Å²) in [5.41, 5.74) is 0. The highest BCUT2D eigenvalue weighted by Gasteiger charge is 2.06. The summed E-state index contributed by atoms with van der Waals surface area (Å²) in [5, 5.41) is 11.5. The predicted octanol–water partition coefficient (Wildman–Crippen LogP) is 4.34. The maximum Gasteiger partial charge on any atom is 0.135 e. The van der Waals surface area contributed by atoms with Crippen molar-refractivity contribution in [2.45, 2.75) is 0 Å². The summed E-state index contributed by atoms with van der Waals surface area (Å²) in [5.74, 6) is 1.80. The van der Waals surface area contributed by atoms with Crippen LogP contribution in [0.2, 0.25) is 0 Å². The van der Waals surface area contributed by atoms with Crippen LogP contribution in [-0.4, -0.2) is 5.11 Å². The molecule has 3 aromatic rings. The zero-order chi connectivity index (χ0) is 12.4. The van der Waals surface area contributed by atoms with Crippen molar-refractivity contribution < 1.29 is 9.84 Å². The van der Waals surface area contributed by atoms with Crippen LogP contribution in [0, 0.1) is 0 Å². The van der Waals surface area contributed by atoms with Crippen LogP contribution in [0.1, 0.15) is 0 Å². The van der Waals surface area contributed by atoms with E-state index in [2.05, 4.69) is 0 Å². The largest absolute Gasteiger partial charge is 0.507 e. The summed E-state index contributed by atoms with van der Waals surface area (Å²) in [6.45, 7) is 0.